The predicted octanol–water partition coefficient (Wildman–Crippen LogP) is 1.12. The van der Waals surface area contributed by atoms with Gasteiger partial charge in [-0.25, -0.2) is 0 Å². The van der Waals surface area contributed by atoms with Crippen LogP contribution in [0.1, 0.15) is 44.9 Å². The molecule has 0 aromatic carbocycles. The number of fused-ring (bicyclic) bond motifs is 2. The molecule has 4 N–H and O–H groups in total. The molecule has 5 heteroatoms. The summed E-state index contributed by atoms with van der Waals surface area (Å²) >= 11 is 0. The van der Waals surface area contributed by atoms with Crippen molar-refractivity contribution >= 4 is 11.9 Å². The van der Waals surface area contributed by atoms with Gasteiger partial charge in [-0.15, -0.1) is 0 Å². The van der Waals surface area contributed by atoms with Gasteiger partial charge < -0.3 is 16.2 Å². The lowest BCUT2D eigenvalue weighted by molar-refractivity contribution is -0.137. The smallest absolute Gasteiger partial charge is 0.303 e. The predicted molar refractivity (Wildman–Crippen MR) is 71.4 cm³/mol. The number of unbranched alkanes of at least 4 members (excludes halogenated alkanes) is 2. The third-order valence-electron chi connectivity index (χ3n) is 4.65. The van der Waals surface area contributed by atoms with E-state index in [0.29, 0.717) is 24.8 Å². The Kier molecular flexibility index (Phi) is 4.80. The summed E-state index contributed by atoms with van der Waals surface area (Å²) in [6, 6.07) is 0.0470. The van der Waals surface area contributed by atoms with Gasteiger partial charge in [-0.3, -0.25) is 9.59 Å². The molecule has 0 aromatic rings. The second-order valence-corrected chi connectivity index (χ2v) is 5.93. The van der Waals surface area contributed by atoms with Crippen LogP contribution in [0.3, 0.4) is 0 Å². The van der Waals surface area contributed by atoms with Crippen LogP contribution in [0.2, 0.25) is 0 Å². The average Bonchev–Trinajstić information content (AvgIpc) is 2.93. The minimum atomic E-state index is -0.753. The number of rotatable bonds is 7. The quantitative estimate of drug-likeness (QED) is 0.603. The van der Waals surface area contributed by atoms with E-state index >= 15 is 0 Å². The Balaban J connectivity index is 1.61. The summed E-state index contributed by atoms with van der Waals surface area (Å²) in [5.74, 6) is 0.413. The number of amides is 1. The maximum atomic E-state index is 12.1. The van der Waals surface area contributed by atoms with E-state index in [1.807, 2.05) is 0 Å². The number of carboxylic acid groups (broad SMARTS) is 1. The number of carbonyl (C=O) groups is 2. The number of hydrogen-bond acceptors (Lipinski definition) is 3. The van der Waals surface area contributed by atoms with E-state index in [4.69, 9.17) is 10.8 Å². The Morgan fingerprint density at radius 1 is 1.16 bits per heavy atom. The van der Waals surface area contributed by atoms with Crippen LogP contribution in [0.5, 0.6) is 0 Å². The van der Waals surface area contributed by atoms with Crippen molar-refractivity contribution in [3.05, 3.63) is 0 Å². The van der Waals surface area contributed by atoms with E-state index < -0.39 is 5.97 Å². The van der Waals surface area contributed by atoms with Crippen molar-refractivity contribution in [3.63, 3.8) is 0 Å². The number of nitrogens with one attached hydrogen (secondary N) is 1. The first-order valence-corrected chi connectivity index (χ1v) is 7.34. The Labute approximate surface area is 113 Å². The molecule has 1 amide bonds. The SMILES string of the molecule is NC1C2CCC(C2)C1C(=O)NCCCCCC(=O)O. The van der Waals surface area contributed by atoms with Crippen LogP contribution in [-0.4, -0.2) is 29.6 Å². The fraction of sp³-hybridized carbons (Fsp3) is 0.857. The zero-order chi connectivity index (χ0) is 13.8. The van der Waals surface area contributed by atoms with Gasteiger partial charge in [-0.1, -0.05) is 6.42 Å². The van der Waals surface area contributed by atoms with Crippen molar-refractivity contribution < 1.29 is 14.7 Å². The van der Waals surface area contributed by atoms with Crippen molar-refractivity contribution in [1.82, 2.24) is 5.32 Å². The third-order valence-corrected chi connectivity index (χ3v) is 4.65. The molecule has 0 aliphatic heterocycles. The van der Waals surface area contributed by atoms with Gasteiger partial charge >= 0.3 is 5.97 Å². The molecule has 0 radical (unpaired) electrons. The highest BCUT2D eigenvalue weighted by Crippen LogP contribution is 2.47. The van der Waals surface area contributed by atoms with Crippen LogP contribution in [0.4, 0.5) is 0 Å². The zero-order valence-electron chi connectivity index (χ0n) is 11.3. The number of nitrogens with two attached hydrogens (primary N) is 1. The maximum Gasteiger partial charge on any atom is 0.303 e. The van der Waals surface area contributed by atoms with E-state index in [0.717, 1.165) is 25.7 Å². The van der Waals surface area contributed by atoms with Crippen molar-refractivity contribution in [3.8, 4) is 0 Å². The van der Waals surface area contributed by atoms with E-state index in [9.17, 15) is 9.59 Å². The Hall–Kier alpha value is -1.10. The lowest BCUT2D eigenvalue weighted by atomic mass is 9.84. The molecule has 0 aromatic heterocycles. The van der Waals surface area contributed by atoms with Gasteiger partial charge in [-0.2, -0.15) is 0 Å². The molecule has 2 bridgehead atoms. The molecule has 108 valence electrons. The van der Waals surface area contributed by atoms with Gasteiger partial charge in [-0.05, 0) is 43.9 Å². The average molecular weight is 268 g/mol. The van der Waals surface area contributed by atoms with E-state index in [1.54, 1.807) is 0 Å². The van der Waals surface area contributed by atoms with Crippen molar-refractivity contribution in [1.29, 1.82) is 0 Å². The summed E-state index contributed by atoms with van der Waals surface area (Å²) in [5.41, 5.74) is 6.12. The van der Waals surface area contributed by atoms with Gasteiger partial charge in [0.05, 0.1) is 5.92 Å². The van der Waals surface area contributed by atoms with Gasteiger partial charge in [0.1, 0.15) is 0 Å². The summed E-state index contributed by atoms with van der Waals surface area (Å²) in [6.45, 7) is 0.638. The normalized spacial score (nSPS) is 32.5. The van der Waals surface area contributed by atoms with E-state index in [1.165, 1.54) is 6.42 Å². The molecule has 0 heterocycles. The molecule has 5 nitrogen and oxygen atoms in total. The molecule has 4 atom stereocenters. The molecule has 2 saturated carbocycles. The van der Waals surface area contributed by atoms with E-state index in [2.05, 4.69) is 5.32 Å². The molecular formula is C14H24N2O3. The molecule has 0 spiro atoms. The highest BCUT2D eigenvalue weighted by molar-refractivity contribution is 5.80. The fourth-order valence-electron chi connectivity index (χ4n) is 3.63. The number of carboxylic acids is 1. The molecule has 4 unspecified atom stereocenters. The second kappa shape index (κ2) is 6.37. The molecular weight excluding hydrogens is 244 g/mol. The number of aliphatic carboxylic acids is 1. The monoisotopic (exact) mass is 268 g/mol. The van der Waals surface area contributed by atoms with Crippen LogP contribution >= 0.6 is 0 Å². The van der Waals surface area contributed by atoms with Crippen molar-refractivity contribution in [2.75, 3.05) is 6.54 Å². The minimum absolute atomic E-state index is 0.0118. The summed E-state index contributed by atoms with van der Waals surface area (Å²) in [4.78, 5) is 22.4. The first-order valence-electron chi connectivity index (χ1n) is 7.34. The third kappa shape index (κ3) is 3.47. The minimum Gasteiger partial charge on any atom is -0.481 e. The van der Waals surface area contributed by atoms with Gasteiger partial charge in [0.2, 0.25) is 5.91 Å². The first kappa shape index (κ1) is 14.3. The van der Waals surface area contributed by atoms with Crippen LogP contribution in [0.25, 0.3) is 0 Å². The molecule has 2 fully saturated rings. The standard InChI is InChI=1S/C14H24N2O3/c15-13-10-6-5-9(8-10)12(13)14(19)16-7-3-1-2-4-11(17)18/h9-10,12-13H,1-8,15H2,(H,16,19)(H,17,18). The molecule has 2 aliphatic rings. The van der Waals surface area contributed by atoms with Crippen LogP contribution in [0.15, 0.2) is 0 Å². The zero-order valence-corrected chi connectivity index (χ0v) is 11.3. The Bertz CT molecular complexity index is 344. The highest BCUT2D eigenvalue weighted by Gasteiger charge is 2.48. The molecule has 0 saturated heterocycles. The van der Waals surface area contributed by atoms with Crippen molar-refractivity contribution in [2.24, 2.45) is 23.5 Å². The van der Waals surface area contributed by atoms with Gasteiger partial charge in [0, 0.05) is 19.0 Å². The molecule has 19 heavy (non-hydrogen) atoms. The number of hydrogen-bond donors (Lipinski definition) is 3. The first-order chi connectivity index (χ1) is 9.09. The Morgan fingerprint density at radius 3 is 2.53 bits per heavy atom. The summed E-state index contributed by atoms with van der Waals surface area (Å²) in [5, 5.41) is 11.5. The lowest BCUT2D eigenvalue weighted by Crippen LogP contribution is -2.45. The second-order valence-electron chi connectivity index (χ2n) is 5.93. The summed E-state index contributed by atoms with van der Waals surface area (Å²) < 4.78 is 0. The largest absolute Gasteiger partial charge is 0.481 e. The van der Waals surface area contributed by atoms with Crippen LogP contribution < -0.4 is 11.1 Å². The lowest BCUT2D eigenvalue weighted by Gasteiger charge is -2.27. The highest BCUT2D eigenvalue weighted by atomic mass is 16.4. The maximum absolute atomic E-state index is 12.1. The summed E-state index contributed by atoms with van der Waals surface area (Å²) in [7, 11) is 0. The topological polar surface area (TPSA) is 92.4 Å². The van der Waals surface area contributed by atoms with E-state index in [-0.39, 0.29) is 24.3 Å². The van der Waals surface area contributed by atoms with Crippen LogP contribution in [-0.2, 0) is 9.59 Å². The van der Waals surface area contributed by atoms with Crippen molar-refractivity contribution in [2.45, 2.75) is 51.0 Å². The molecule has 2 aliphatic carbocycles. The number of carbonyl (C=O) groups excluding carboxylic acids is 1. The fourth-order valence-corrected chi connectivity index (χ4v) is 3.63. The molecule has 2 rings (SSSR count). The Morgan fingerprint density at radius 2 is 1.89 bits per heavy atom. The van der Waals surface area contributed by atoms with Crippen LogP contribution in [0, 0.1) is 17.8 Å². The summed E-state index contributed by atoms with van der Waals surface area (Å²) in [6.07, 6.45) is 6.03. The van der Waals surface area contributed by atoms with Gasteiger partial charge in [0.25, 0.3) is 0 Å². The van der Waals surface area contributed by atoms with Gasteiger partial charge in [0.15, 0.2) is 0 Å².